The monoisotopic (exact) mass is 230 g/mol. The number of aliphatic hydroxyl groups excluding tert-OH is 1. The molecule has 92 valence electrons. The second kappa shape index (κ2) is 6.44. The molecule has 0 atom stereocenters. The molecule has 6 heteroatoms. The lowest BCUT2D eigenvalue weighted by molar-refractivity contribution is -0.139. The van der Waals surface area contributed by atoms with Crippen LogP contribution in [0.5, 0.6) is 0 Å². The number of amides is 2. The third-order valence-electron chi connectivity index (χ3n) is 2.71. The summed E-state index contributed by atoms with van der Waals surface area (Å²) in [5, 5.41) is 8.48. The highest BCUT2D eigenvalue weighted by molar-refractivity contribution is 5.79. The summed E-state index contributed by atoms with van der Waals surface area (Å²) in [6, 6.07) is 0. The van der Waals surface area contributed by atoms with Gasteiger partial charge in [-0.3, -0.25) is 9.59 Å². The summed E-state index contributed by atoms with van der Waals surface area (Å²) in [5.74, 6) is -0.498. The number of piperidine rings is 1. The fourth-order valence-electron chi connectivity index (χ4n) is 1.73. The second-order valence-corrected chi connectivity index (χ2v) is 3.83. The molecule has 0 bridgehead atoms. The fraction of sp³-hybridized carbons (Fsp3) is 0.800. The van der Waals surface area contributed by atoms with Gasteiger partial charge >= 0.3 is 0 Å². The van der Waals surface area contributed by atoms with E-state index in [1.165, 1.54) is 0 Å². The Hall–Kier alpha value is -1.14. The van der Waals surface area contributed by atoms with Gasteiger partial charge < -0.3 is 20.5 Å². The molecular weight excluding hydrogens is 212 g/mol. The highest BCUT2D eigenvalue weighted by atomic mass is 16.5. The molecule has 0 aromatic heterocycles. The molecule has 6 nitrogen and oxygen atoms in total. The van der Waals surface area contributed by atoms with Gasteiger partial charge in [0.2, 0.25) is 11.8 Å². The van der Waals surface area contributed by atoms with E-state index in [0.717, 1.165) is 0 Å². The van der Waals surface area contributed by atoms with Crippen LogP contribution in [0.4, 0.5) is 0 Å². The maximum Gasteiger partial charge on any atom is 0.248 e. The summed E-state index contributed by atoms with van der Waals surface area (Å²) < 4.78 is 4.94. The number of rotatable bonds is 5. The summed E-state index contributed by atoms with van der Waals surface area (Å²) in [4.78, 5) is 24.1. The summed E-state index contributed by atoms with van der Waals surface area (Å²) >= 11 is 0. The van der Waals surface area contributed by atoms with Crippen molar-refractivity contribution in [1.29, 1.82) is 0 Å². The molecule has 0 radical (unpaired) electrons. The number of likely N-dealkylation sites (tertiary alicyclic amines) is 1. The molecule has 0 aliphatic carbocycles. The van der Waals surface area contributed by atoms with E-state index in [4.69, 9.17) is 15.6 Å². The van der Waals surface area contributed by atoms with Crippen LogP contribution in [0.3, 0.4) is 0 Å². The van der Waals surface area contributed by atoms with Crippen molar-refractivity contribution in [3.63, 3.8) is 0 Å². The maximum absolute atomic E-state index is 11.6. The molecule has 0 aromatic rings. The first-order valence-electron chi connectivity index (χ1n) is 5.41. The second-order valence-electron chi connectivity index (χ2n) is 3.83. The van der Waals surface area contributed by atoms with Gasteiger partial charge in [0, 0.05) is 19.0 Å². The van der Waals surface area contributed by atoms with Gasteiger partial charge in [-0.15, -0.1) is 0 Å². The normalized spacial score (nSPS) is 17.4. The van der Waals surface area contributed by atoms with E-state index in [1.54, 1.807) is 4.90 Å². The summed E-state index contributed by atoms with van der Waals surface area (Å²) in [7, 11) is 0. The lowest BCUT2D eigenvalue weighted by Gasteiger charge is -2.30. The number of nitrogens with zero attached hydrogens (tertiary/aromatic N) is 1. The molecule has 1 rings (SSSR count). The van der Waals surface area contributed by atoms with Crippen molar-refractivity contribution in [3.8, 4) is 0 Å². The van der Waals surface area contributed by atoms with E-state index < -0.39 is 0 Å². The first-order valence-corrected chi connectivity index (χ1v) is 5.41. The number of aliphatic hydroxyl groups is 1. The molecular formula is C10H18N2O4. The van der Waals surface area contributed by atoms with E-state index in [1.807, 2.05) is 0 Å². The smallest absolute Gasteiger partial charge is 0.248 e. The minimum absolute atomic E-state index is 0.0121. The van der Waals surface area contributed by atoms with Crippen molar-refractivity contribution < 1.29 is 19.4 Å². The molecule has 0 saturated carbocycles. The van der Waals surface area contributed by atoms with Gasteiger partial charge in [0.15, 0.2) is 0 Å². The molecule has 0 unspecified atom stereocenters. The molecule has 1 fully saturated rings. The van der Waals surface area contributed by atoms with Crippen LogP contribution in [0.25, 0.3) is 0 Å². The number of carbonyl (C=O) groups is 2. The van der Waals surface area contributed by atoms with Gasteiger partial charge in [-0.25, -0.2) is 0 Å². The first kappa shape index (κ1) is 12.9. The summed E-state index contributed by atoms with van der Waals surface area (Å²) in [6.45, 7) is 1.17. The van der Waals surface area contributed by atoms with Crippen molar-refractivity contribution >= 4 is 11.8 Å². The van der Waals surface area contributed by atoms with E-state index in [2.05, 4.69) is 0 Å². The molecule has 1 aliphatic rings. The zero-order valence-electron chi connectivity index (χ0n) is 9.22. The number of hydrogen-bond donors (Lipinski definition) is 2. The van der Waals surface area contributed by atoms with Crippen LogP contribution >= 0.6 is 0 Å². The number of nitrogens with two attached hydrogens (primary N) is 1. The van der Waals surface area contributed by atoms with Gasteiger partial charge in [-0.2, -0.15) is 0 Å². The maximum atomic E-state index is 11.6. The van der Waals surface area contributed by atoms with E-state index in [0.29, 0.717) is 25.9 Å². The molecule has 2 amide bonds. The molecule has 1 aliphatic heterocycles. The summed E-state index contributed by atoms with van der Waals surface area (Å²) in [6.07, 6.45) is 1.25. The van der Waals surface area contributed by atoms with Gasteiger partial charge in [0.05, 0.1) is 13.2 Å². The predicted octanol–water partition coefficient (Wildman–Crippen LogP) is -1.28. The Morgan fingerprint density at radius 2 is 2.00 bits per heavy atom. The predicted molar refractivity (Wildman–Crippen MR) is 56.4 cm³/mol. The average Bonchev–Trinajstić information content (AvgIpc) is 2.29. The quantitative estimate of drug-likeness (QED) is 0.575. The molecule has 1 heterocycles. The van der Waals surface area contributed by atoms with Gasteiger partial charge in [0.25, 0.3) is 0 Å². The van der Waals surface area contributed by atoms with Crippen LogP contribution in [-0.4, -0.2) is 54.7 Å². The molecule has 3 N–H and O–H groups in total. The van der Waals surface area contributed by atoms with Gasteiger partial charge in [0.1, 0.15) is 6.61 Å². The largest absolute Gasteiger partial charge is 0.394 e. The number of primary amides is 1. The SMILES string of the molecule is NC(=O)C1CCN(C(=O)COCCO)CC1. The Morgan fingerprint density at radius 3 is 2.50 bits per heavy atom. The van der Waals surface area contributed by atoms with E-state index in [-0.39, 0.29) is 37.6 Å². The summed E-state index contributed by atoms with van der Waals surface area (Å²) in [5.41, 5.74) is 5.19. The number of hydrogen-bond acceptors (Lipinski definition) is 4. The Labute approximate surface area is 94.3 Å². The topological polar surface area (TPSA) is 92.9 Å². The van der Waals surface area contributed by atoms with Crippen LogP contribution < -0.4 is 5.73 Å². The van der Waals surface area contributed by atoms with Crippen molar-refractivity contribution in [2.45, 2.75) is 12.8 Å². The van der Waals surface area contributed by atoms with Crippen LogP contribution in [0.15, 0.2) is 0 Å². The van der Waals surface area contributed by atoms with Crippen LogP contribution in [0, 0.1) is 5.92 Å². The Kier molecular flexibility index (Phi) is 5.21. The van der Waals surface area contributed by atoms with Gasteiger partial charge in [-0.05, 0) is 12.8 Å². The number of ether oxygens (including phenoxy) is 1. The molecule has 1 saturated heterocycles. The highest BCUT2D eigenvalue weighted by Crippen LogP contribution is 2.16. The lowest BCUT2D eigenvalue weighted by atomic mass is 9.96. The van der Waals surface area contributed by atoms with Crippen LogP contribution in [0.1, 0.15) is 12.8 Å². The third kappa shape index (κ3) is 3.79. The van der Waals surface area contributed by atoms with Crippen molar-refractivity contribution in [3.05, 3.63) is 0 Å². The Morgan fingerprint density at radius 1 is 1.38 bits per heavy atom. The number of carbonyl (C=O) groups excluding carboxylic acids is 2. The lowest BCUT2D eigenvalue weighted by Crippen LogP contribution is -2.43. The Bertz CT molecular complexity index is 249. The van der Waals surface area contributed by atoms with Crippen molar-refractivity contribution in [2.24, 2.45) is 11.7 Å². The van der Waals surface area contributed by atoms with Gasteiger partial charge in [-0.1, -0.05) is 0 Å². The molecule has 0 spiro atoms. The van der Waals surface area contributed by atoms with E-state index >= 15 is 0 Å². The van der Waals surface area contributed by atoms with Crippen LogP contribution in [-0.2, 0) is 14.3 Å². The fourth-order valence-corrected chi connectivity index (χ4v) is 1.73. The Balaban J connectivity index is 2.25. The van der Waals surface area contributed by atoms with Crippen molar-refractivity contribution in [1.82, 2.24) is 4.90 Å². The molecule has 0 aromatic carbocycles. The minimum Gasteiger partial charge on any atom is -0.394 e. The first-order chi connectivity index (χ1) is 7.65. The third-order valence-corrected chi connectivity index (χ3v) is 2.71. The standard InChI is InChI=1S/C10H18N2O4/c11-10(15)8-1-3-12(4-2-8)9(14)7-16-6-5-13/h8,13H,1-7H2,(H2,11,15). The zero-order valence-corrected chi connectivity index (χ0v) is 9.22. The highest BCUT2D eigenvalue weighted by Gasteiger charge is 2.25. The minimum atomic E-state index is -0.288. The van der Waals surface area contributed by atoms with E-state index in [9.17, 15) is 9.59 Å². The molecule has 16 heavy (non-hydrogen) atoms. The van der Waals surface area contributed by atoms with Crippen LogP contribution in [0.2, 0.25) is 0 Å². The zero-order chi connectivity index (χ0) is 12.0. The average molecular weight is 230 g/mol. The van der Waals surface area contributed by atoms with Crippen molar-refractivity contribution in [2.75, 3.05) is 32.9 Å².